The van der Waals surface area contributed by atoms with Crippen molar-refractivity contribution in [3.63, 3.8) is 0 Å². The van der Waals surface area contributed by atoms with Crippen LogP contribution < -0.4 is 14.4 Å². The maximum Gasteiger partial charge on any atom is 0.321 e. The molecule has 1 aliphatic heterocycles. The van der Waals surface area contributed by atoms with Gasteiger partial charge in [-0.1, -0.05) is 48.5 Å². The minimum absolute atomic E-state index is 0.164. The van der Waals surface area contributed by atoms with E-state index in [4.69, 9.17) is 19.2 Å². The van der Waals surface area contributed by atoms with E-state index in [1.54, 1.807) is 38.2 Å². The number of hydrogen-bond donors (Lipinski definition) is 0. The molecule has 2 unspecified atom stereocenters. The molecule has 5 rings (SSSR count). The number of ether oxygens (including phenoxy) is 3. The first kappa shape index (κ1) is 23.4. The number of esters is 1. The smallest absolute Gasteiger partial charge is 0.321 e. The largest absolute Gasteiger partial charge is 0.493 e. The molecule has 2 atom stereocenters. The summed E-state index contributed by atoms with van der Waals surface area (Å²) in [6, 6.07) is 22.0. The number of rotatable bonds is 7. The zero-order chi connectivity index (χ0) is 25.2. The summed E-state index contributed by atoms with van der Waals surface area (Å²) in [5.74, 6) is -0.522. The minimum Gasteiger partial charge on any atom is -0.493 e. The second-order valence-electron chi connectivity index (χ2n) is 8.47. The quantitative estimate of drug-likeness (QED) is 0.286. The Morgan fingerprint density at radius 2 is 1.67 bits per heavy atom. The van der Waals surface area contributed by atoms with E-state index in [-0.39, 0.29) is 19.1 Å². The fraction of sp³-hybridized carbons (Fsp3) is 0.250. The second kappa shape index (κ2) is 9.73. The van der Waals surface area contributed by atoms with Crippen LogP contribution in [0.15, 0.2) is 72.8 Å². The number of benzene rings is 3. The zero-order valence-electron chi connectivity index (χ0n) is 20.4. The monoisotopic (exact) mass is 485 g/mol. The first-order valence-corrected chi connectivity index (χ1v) is 11.8. The van der Waals surface area contributed by atoms with Crippen molar-refractivity contribution >= 4 is 28.9 Å². The molecule has 1 aliphatic rings. The maximum atomic E-state index is 14.1. The van der Waals surface area contributed by atoms with Gasteiger partial charge in [0.25, 0.3) is 0 Å². The average molecular weight is 486 g/mol. The van der Waals surface area contributed by atoms with Crippen LogP contribution in [-0.4, -0.2) is 42.3 Å². The highest BCUT2D eigenvalue weighted by molar-refractivity contribution is 6.08. The van der Waals surface area contributed by atoms with Crippen LogP contribution in [0.2, 0.25) is 0 Å². The summed E-state index contributed by atoms with van der Waals surface area (Å²) in [6.45, 7) is 2.17. The van der Waals surface area contributed by atoms with Crippen LogP contribution in [0.1, 0.15) is 24.1 Å². The van der Waals surface area contributed by atoms with Gasteiger partial charge >= 0.3 is 5.97 Å². The molecule has 0 fully saturated rings. The van der Waals surface area contributed by atoms with Gasteiger partial charge in [0, 0.05) is 0 Å². The number of carbonyl (C=O) groups is 2. The lowest BCUT2D eigenvalue weighted by Crippen LogP contribution is -2.49. The summed E-state index contributed by atoms with van der Waals surface area (Å²) in [4.78, 5) is 33.8. The Morgan fingerprint density at radius 1 is 0.944 bits per heavy atom. The first-order chi connectivity index (χ1) is 17.6. The van der Waals surface area contributed by atoms with Gasteiger partial charge in [-0.3, -0.25) is 14.5 Å². The van der Waals surface area contributed by atoms with Crippen molar-refractivity contribution in [2.45, 2.75) is 19.5 Å². The Labute approximate surface area is 209 Å². The fourth-order valence-corrected chi connectivity index (χ4v) is 4.80. The molecule has 1 amide bonds. The molecule has 0 aliphatic carbocycles. The lowest BCUT2D eigenvalue weighted by molar-refractivity contribution is -0.153. The SMILES string of the molecule is CCOC(=O)C1C(=O)N(Cc2ccccc2)c2nc3ccccc3n2C1c1ccc(OC)c(OC)c1. The third kappa shape index (κ3) is 3.94. The van der Waals surface area contributed by atoms with Gasteiger partial charge in [0.15, 0.2) is 17.4 Å². The van der Waals surface area contributed by atoms with Crippen molar-refractivity contribution in [2.24, 2.45) is 5.92 Å². The molecule has 0 spiro atoms. The summed E-state index contributed by atoms with van der Waals surface area (Å²) in [5.41, 5.74) is 3.18. The normalized spacial score (nSPS) is 17.1. The summed E-state index contributed by atoms with van der Waals surface area (Å²) in [6.07, 6.45) is 0. The van der Waals surface area contributed by atoms with Crippen LogP contribution >= 0.6 is 0 Å². The van der Waals surface area contributed by atoms with Gasteiger partial charge in [-0.15, -0.1) is 0 Å². The van der Waals surface area contributed by atoms with Crippen molar-refractivity contribution in [2.75, 3.05) is 25.7 Å². The van der Waals surface area contributed by atoms with Gasteiger partial charge in [0.1, 0.15) is 0 Å². The number of imidazole rings is 1. The highest BCUT2D eigenvalue weighted by Gasteiger charge is 2.48. The number of amides is 1. The van der Waals surface area contributed by atoms with E-state index in [1.807, 2.05) is 65.2 Å². The topological polar surface area (TPSA) is 82.9 Å². The van der Waals surface area contributed by atoms with Gasteiger partial charge in [0.05, 0.1) is 44.4 Å². The van der Waals surface area contributed by atoms with E-state index >= 15 is 0 Å². The lowest BCUT2D eigenvalue weighted by atomic mass is 9.89. The second-order valence-corrected chi connectivity index (χ2v) is 8.47. The predicted octanol–water partition coefficient (Wildman–Crippen LogP) is 4.37. The van der Waals surface area contributed by atoms with Crippen molar-refractivity contribution in [3.8, 4) is 11.5 Å². The summed E-state index contributed by atoms with van der Waals surface area (Å²) >= 11 is 0. The van der Waals surface area contributed by atoms with E-state index in [2.05, 4.69) is 0 Å². The highest BCUT2D eigenvalue weighted by Crippen LogP contribution is 2.43. The molecule has 0 bridgehead atoms. The molecule has 0 saturated carbocycles. The van der Waals surface area contributed by atoms with Gasteiger partial charge < -0.3 is 18.8 Å². The Kier molecular flexibility index (Phi) is 6.33. The van der Waals surface area contributed by atoms with Crippen molar-refractivity contribution < 1.29 is 23.8 Å². The maximum absolute atomic E-state index is 14.1. The number of carbonyl (C=O) groups excluding carboxylic acids is 2. The van der Waals surface area contributed by atoms with Crippen LogP contribution in [0, 0.1) is 5.92 Å². The molecule has 2 heterocycles. The Bertz CT molecular complexity index is 1420. The molecule has 0 radical (unpaired) electrons. The van der Waals surface area contributed by atoms with E-state index in [1.165, 1.54) is 0 Å². The first-order valence-electron chi connectivity index (χ1n) is 11.8. The minimum atomic E-state index is -1.11. The number of para-hydroxylation sites is 2. The van der Waals surface area contributed by atoms with Crippen LogP contribution in [0.5, 0.6) is 11.5 Å². The number of aromatic nitrogens is 2. The molecule has 0 saturated heterocycles. The molecule has 8 heteroatoms. The third-order valence-corrected chi connectivity index (χ3v) is 6.42. The number of hydrogen-bond acceptors (Lipinski definition) is 6. The Balaban J connectivity index is 1.75. The molecular weight excluding hydrogens is 458 g/mol. The average Bonchev–Trinajstić information content (AvgIpc) is 3.29. The third-order valence-electron chi connectivity index (χ3n) is 6.42. The molecule has 0 N–H and O–H groups in total. The highest BCUT2D eigenvalue weighted by atomic mass is 16.5. The summed E-state index contributed by atoms with van der Waals surface area (Å²) in [5, 5.41) is 0. The van der Waals surface area contributed by atoms with Gasteiger partial charge in [-0.2, -0.15) is 0 Å². The predicted molar refractivity (Wildman–Crippen MR) is 135 cm³/mol. The molecule has 8 nitrogen and oxygen atoms in total. The molecule has 184 valence electrons. The summed E-state index contributed by atoms with van der Waals surface area (Å²) in [7, 11) is 3.11. The molecular formula is C28H27N3O5. The van der Waals surface area contributed by atoms with Gasteiger partial charge in [-0.05, 0) is 42.3 Å². The Hall–Kier alpha value is -4.33. The van der Waals surface area contributed by atoms with Crippen molar-refractivity contribution in [3.05, 3.63) is 83.9 Å². The number of fused-ring (bicyclic) bond motifs is 3. The molecule has 36 heavy (non-hydrogen) atoms. The van der Waals surface area contributed by atoms with E-state index in [0.717, 1.165) is 16.6 Å². The van der Waals surface area contributed by atoms with Crippen LogP contribution in [0.3, 0.4) is 0 Å². The van der Waals surface area contributed by atoms with E-state index < -0.39 is 17.9 Å². The number of anilines is 1. The van der Waals surface area contributed by atoms with Crippen LogP contribution in [0.25, 0.3) is 11.0 Å². The van der Waals surface area contributed by atoms with Gasteiger partial charge in [0.2, 0.25) is 11.9 Å². The van der Waals surface area contributed by atoms with Crippen LogP contribution in [0.4, 0.5) is 5.95 Å². The zero-order valence-corrected chi connectivity index (χ0v) is 20.4. The lowest BCUT2D eigenvalue weighted by Gasteiger charge is -2.38. The summed E-state index contributed by atoms with van der Waals surface area (Å²) < 4.78 is 18.3. The number of methoxy groups -OCH3 is 2. The number of nitrogens with zero attached hydrogens (tertiary/aromatic N) is 3. The standard InChI is InChI=1S/C28H27N3O5/c1-4-36-27(33)24-25(19-14-15-22(34-2)23(16-19)35-3)31-21-13-9-8-12-20(21)29-28(31)30(26(24)32)17-18-10-6-5-7-11-18/h5-16,24-25H,4,17H2,1-3H3. The fourth-order valence-electron chi connectivity index (χ4n) is 4.80. The van der Waals surface area contributed by atoms with Crippen molar-refractivity contribution in [1.29, 1.82) is 0 Å². The Morgan fingerprint density at radius 3 is 2.39 bits per heavy atom. The van der Waals surface area contributed by atoms with Gasteiger partial charge in [-0.25, -0.2) is 4.98 Å². The van der Waals surface area contributed by atoms with Crippen molar-refractivity contribution in [1.82, 2.24) is 9.55 Å². The molecule has 3 aromatic carbocycles. The molecule has 4 aromatic rings. The van der Waals surface area contributed by atoms with E-state index in [9.17, 15) is 9.59 Å². The molecule has 1 aromatic heterocycles. The van der Waals surface area contributed by atoms with Crippen LogP contribution in [-0.2, 0) is 20.9 Å². The van der Waals surface area contributed by atoms with E-state index in [0.29, 0.717) is 23.0 Å².